The number of nitrogens with zero attached hydrogens (tertiary/aromatic N) is 1. The highest BCUT2D eigenvalue weighted by atomic mass is 28.3. The van der Waals surface area contributed by atoms with E-state index in [1.54, 1.807) is 36.3 Å². The minimum absolute atomic E-state index is 0.00814. The van der Waals surface area contributed by atoms with Gasteiger partial charge in [0, 0.05) is 19.4 Å². The summed E-state index contributed by atoms with van der Waals surface area (Å²) in [4.78, 5) is 39.8. The lowest BCUT2D eigenvalue weighted by Gasteiger charge is -2.27. The molecule has 0 radical (unpaired) electrons. The second kappa shape index (κ2) is 10.8. The molecule has 1 N–H and O–H groups in total. The number of ether oxygens (including phenoxy) is 1. The summed E-state index contributed by atoms with van der Waals surface area (Å²) in [7, 11) is 0.168. The number of carbonyl (C=O) groups is 3. The van der Waals surface area contributed by atoms with Crippen LogP contribution in [-0.4, -0.2) is 50.8 Å². The zero-order chi connectivity index (χ0) is 24.0. The van der Waals surface area contributed by atoms with Crippen molar-refractivity contribution in [1.29, 1.82) is 0 Å². The Bertz CT molecular complexity index is 981. The smallest absolute Gasteiger partial charge is 0.240 e. The molecule has 1 atom stereocenters. The van der Waals surface area contributed by atoms with E-state index in [0.717, 1.165) is 18.4 Å². The SMILES string of the molecule is COc1ccc(C(NC(=O)CN2CCCCC2=O)C(=O)Cc2ccc([Si](C)(C)C)cc2)cc1. The Kier molecular flexibility index (Phi) is 8.08. The van der Waals surface area contributed by atoms with Crippen molar-refractivity contribution in [3.63, 3.8) is 0 Å². The van der Waals surface area contributed by atoms with Gasteiger partial charge in [-0.1, -0.05) is 61.2 Å². The molecule has 33 heavy (non-hydrogen) atoms. The average Bonchev–Trinajstić information content (AvgIpc) is 2.79. The summed E-state index contributed by atoms with van der Waals surface area (Å²) in [6.07, 6.45) is 2.45. The van der Waals surface area contributed by atoms with Crippen molar-refractivity contribution in [2.24, 2.45) is 0 Å². The maximum absolute atomic E-state index is 13.3. The van der Waals surface area contributed by atoms with Crippen molar-refractivity contribution in [3.8, 4) is 5.75 Å². The Hall–Kier alpha value is -2.93. The van der Waals surface area contributed by atoms with Gasteiger partial charge in [0.05, 0.1) is 21.7 Å². The van der Waals surface area contributed by atoms with Gasteiger partial charge in [-0.25, -0.2) is 0 Å². The van der Waals surface area contributed by atoms with E-state index in [0.29, 0.717) is 24.3 Å². The molecule has 0 bridgehead atoms. The van der Waals surface area contributed by atoms with E-state index < -0.39 is 14.1 Å². The zero-order valence-corrected chi connectivity index (χ0v) is 21.0. The first-order valence-corrected chi connectivity index (χ1v) is 15.0. The van der Waals surface area contributed by atoms with Crippen LogP contribution in [0.2, 0.25) is 19.6 Å². The number of Topliss-reactive ketones (excluding diaryl/α,β-unsaturated/α-hetero) is 1. The van der Waals surface area contributed by atoms with Crippen molar-refractivity contribution in [2.45, 2.75) is 51.4 Å². The monoisotopic (exact) mass is 466 g/mol. The lowest BCUT2D eigenvalue weighted by molar-refractivity contribution is -0.138. The van der Waals surface area contributed by atoms with Crippen LogP contribution in [0, 0.1) is 0 Å². The zero-order valence-electron chi connectivity index (χ0n) is 20.0. The van der Waals surface area contributed by atoms with Crippen LogP contribution in [0.3, 0.4) is 0 Å². The minimum atomic E-state index is -1.41. The van der Waals surface area contributed by atoms with E-state index >= 15 is 0 Å². The fraction of sp³-hybridized carbons (Fsp3) is 0.423. The molecule has 1 aliphatic rings. The number of hydrogen-bond donors (Lipinski definition) is 1. The third-order valence-corrected chi connectivity index (χ3v) is 8.10. The fourth-order valence-corrected chi connectivity index (χ4v) is 5.15. The van der Waals surface area contributed by atoms with Gasteiger partial charge < -0.3 is 15.0 Å². The first kappa shape index (κ1) is 24.7. The van der Waals surface area contributed by atoms with E-state index in [2.05, 4.69) is 37.1 Å². The van der Waals surface area contributed by atoms with Gasteiger partial charge in [-0.05, 0) is 36.1 Å². The predicted octanol–water partition coefficient (Wildman–Crippen LogP) is 3.22. The number of nitrogens with one attached hydrogen (secondary N) is 1. The van der Waals surface area contributed by atoms with Crippen LogP contribution in [0.5, 0.6) is 5.75 Å². The van der Waals surface area contributed by atoms with E-state index in [1.165, 1.54) is 5.19 Å². The molecule has 0 aliphatic carbocycles. The van der Waals surface area contributed by atoms with Gasteiger partial charge in [-0.2, -0.15) is 0 Å². The number of benzene rings is 2. The summed E-state index contributed by atoms with van der Waals surface area (Å²) < 4.78 is 5.22. The van der Waals surface area contributed by atoms with Gasteiger partial charge in [-0.15, -0.1) is 0 Å². The molecule has 0 aromatic heterocycles. The molecule has 3 rings (SSSR count). The van der Waals surface area contributed by atoms with Crippen molar-refractivity contribution < 1.29 is 19.1 Å². The average molecular weight is 467 g/mol. The van der Waals surface area contributed by atoms with Gasteiger partial charge in [0.1, 0.15) is 11.8 Å². The molecule has 1 aliphatic heterocycles. The van der Waals surface area contributed by atoms with Crippen LogP contribution >= 0.6 is 0 Å². The molecule has 0 spiro atoms. The second-order valence-corrected chi connectivity index (χ2v) is 14.7. The van der Waals surface area contributed by atoms with Crippen LogP contribution in [0.4, 0.5) is 0 Å². The molecule has 7 heteroatoms. The number of carbonyl (C=O) groups excluding carboxylic acids is 3. The van der Waals surface area contributed by atoms with Crippen LogP contribution in [-0.2, 0) is 20.8 Å². The molecular weight excluding hydrogens is 432 g/mol. The summed E-state index contributed by atoms with van der Waals surface area (Å²) in [6.45, 7) is 7.42. The van der Waals surface area contributed by atoms with Gasteiger partial charge >= 0.3 is 0 Å². The van der Waals surface area contributed by atoms with Crippen LogP contribution in [0.15, 0.2) is 48.5 Å². The highest BCUT2D eigenvalue weighted by molar-refractivity contribution is 6.88. The number of rotatable bonds is 9. The summed E-state index contributed by atoms with van der Waals surface area (Å²) in [5.41, 5.74) is 1.61. The molecule has 6 nitrogen and oxygen atoms in total. The highest BCUT2D eigenvalue weighted by Gasteiger charge is 2.26. The Balaban J connectivity index is 1.76. The highest BCUT2D eigenvalue weighted by Crippen LogP contribution is 2.21. The molecule has 1 fully saturated rings. The first-order chi connectivity index (χ1) is 15.7. The summed E-state index contributed by atoms with van der Waals surface area (Å²) >= 11 is 0. The molecule has 1 saturated heterocycles. The summed E-state index contributed by atoms with van der Waals surface area (Å²) in [6, 6.07) is 14.6. The quantitative estimate of drug-likeness (QED) is 0.576. The molecule has 2 aromatic rings. The largest absolute Gasteiger partial charge is 0.497 e. The molecule has 0 saturated carbocycles. The van der Waals surface area contributed by atoms with Crippen LogP contribution < -0.4 is 15.2 Å². The Morgan fingerprint density at radius 3 is 2.27 bits per heavy atom. The summed E-state index contributed by atoms with van der Waals surface area (Å²) in [5.74, 6) is 0.246. The summed E-state index contributed by atoms with van der Waals surface area (Å²) in [5, 5.41) is 4.22. The third-order valence-electron chi connectivity index (χ3n) is 6.03. The standard InChI is InChI=1S/C26H34N2O4Si/c1-32-21-12-10-20(11-13-21)26(27-24(30)18-28-16-6-5-7-25(28)31)23(29)17-19-8-14-22(15-9-19)33(2,3)4/h8-15,26H,5-7,16-18H2,1-4H3,(H,27,30). The Morgan fingerprint density at radius 1 is 1.03 bits per heavy atom. The van der Waals surface area contributed by atoms with Gasteiger partial charge in [0.25, 0.3) is 0 Å². The number of likely N-dealkylation sites (tertiary alicyclic amines) is 1. The molecule has 1 unspecified atom stereocenters. The minimum Gasteiger partial charge on any atom is -0.497 e. The number of hydrogen-bond acceptors (Lipinski definition) is 4. The molecule has 176 valence electrons. The second-order valence-electron chi connectivity index (χ2n) is 9.64. The molecule has 2 aromatic carbocycles. The van der Waals surface area contributed by atoms with Crippen molar-refractivity contribution >= 4 is 30.9 Å². The predicted molar refractivity (Wildman–Crippen MR) is 132 cm³/mol. The third kappa shape index (κ3) is 6.77. The topological polar surface area (TPSA) is 75.7 Å². The lowest BCUT2D eigenvalue weighted by Crippen LogP contribution is -2.45. The van der Waals surface area contributed by atoms with Gasteiger partial charge in [-0.3, -0.25) is 14.4 Å². The van der Waals surface area contributed by atoms with E-state index in [-0.39, 0.29) is 30.6 Å². The number of piperidine rings is 1. The number of methoxy groups -OCH3 is 1. The molecule has 1 heterocycles. The van der Waals surface area contributed by atoms with E-state index in [9.17, 15) is 14.4 Å². The molecule has 2 amide bonds. The Morgan fingerprint density at radius 2 is 1.70 bits per heavy atom. The maximum Gasteiger partial charge on any atom is 0.240 e. The van der Waals surface area contributed by atoms with Gasteiger partial charge in [0.2, 0.25) is 11.8 Å². The number of amides is 2. The van der Waals surface area contributed by atoms with Crippen LogP contribution in [0.25, 0.3) is 0 Å². The Labute approximate surface area is 197 Å². The van der Waals surface area contributed by atoms with Crippen LogP contribution in [0.1, 0.15) is 36.4 Å². The van der Waals surface area contributed by atoms with E-state index in [4.69, 9.17) is 4.74 Å². The lowest BCUT2D eigenvalue weighted by atomic mass is 9.97. The van der Waals surface area contributed by atoms with Crippen molar-refractivity contribution in [3.05, 3.63) is 59.7 Å². The van der Waals surface area contributed by atoms with Gasteiger partial charge in [0.15, 0.2) is 5.78 Å². The maximum atomic E-state index is 13.3. The number of ketones is 1. The first-order valence-electron chi connectivity index (χ1n) is 11.5. The normalized spacial score (nSPS) is 15.2. The van der Waals surface area contributed by atoms with E-state index in [1.807, 2.05) is 12.1 Å². The fourth-order valence-electron chi connectivity index (χ4n) is 3.98. The molecular formula is C26H34N2O4Si. The van der Waals surface area contributed by atoms with Crippen molar-refractivity contribution in [1.82, 2.24) is 10.2 Å². The van der Waals surface area contributed by atoms with Crippen molar-refractivity contribution in [2.75, 3.05) is 20.2 Å².